The molecule has 1 atom stereocenters. The molecular weight excluding hydrogens is 555 g/mol. The number of aromatic nitrogens is 2. The second-order valence-electron chi connectivity index (χ2n) is 9.77. The van der Waals surface area contributed by atoms with E-state index < -0.39 is 24.6 Å². The van der Waals surface area contributed by atoms with E-state index in [0.717, 1.165) is 0 Å². The standard InChI is InChI=1S/C30H28F3N3O6/c1-4-41-29-34-27-23(9-6-10-24(27)37)36(29)22-8-5-7-18(17(22)2)15-35(28(39)30(31,32)33)20-11-12-21-19(13-26(38)40-3)16-42-25(21)14-20/h5-12,14,19,37H,4,13,15-16H2,1-3H3/t19-/m1/s1. The van der Waals surface area contributed by atoms with Crippen LogP contribution >= 0.6 is 0 Å². The lowest BCUT2D eigenvalue weighted by Crippen LogP contribution is -2.41. The van der Waals surface area contributed by atoms with E-state index in [1.54, 1.807) is 54.8 Å². The Hall–Kier alpha value is -4.74. The number of hydrogen-bond donors (Lipinski definition) is 1. The van der Waals surface area contributed by atoms with Crippen molar-refractivity contribution in [2.24, 2.45) is 0 Å². The minimum absolute atomic E-state index is 0.00685. The van der Waals surface area contributed by atoms with Gasteiger partial charge in [0.1, 0.15) is 17.0 Å². The van der Waals surface area contributed by atoms with Gasteiger partial charge >= 0.3 is 24.1 Å². The van der Waals surface area contributed by atoms with Gasteiger partial charge in [0.05, 0.1) is 44.5 Å². The van der Waals surface area contributed by atoms with E-state index in [1.165, 1.54) is 25.3 Å². The minimum Gasteiger partial charge on any atom is -0.506 e. The molecule has 220 valence electrons. The normalized spacial score (nSPS) is 14.4. The van der Waals surface area contributed by atoms with Crippen molar-refractivity contribution in [3.63, 3.8) is 0 Å². The summed E-state index contributed by atoms with van der Waals surface area (Å²) in [6.07, 6.45) is -5.08. The third-order valence-corrected chi connectivity index (χ3v) is 7.21. The van der Waals surface area contributed by atoms with Crippen molar-refractivity contribution in [2.45, 2.75) is 38.9 Å². The van der Waals surface area contributed by atoms with Gasteiger partial charge in [0, 0.05) is 23.2 Å². The average Bonchev–Trinajstić information content (AvgIpc) is 3.53. The van der Waals surface area contributed by atoms with Crippen LogP contribution < -0.4 is 14.4 Å². The van der Waals surface area contributed by atoms with Gasteiger partial charge in [0.25, 0.3) is 0 Å². The molecule has 1 aromatic heterocycles. The maximum Gasteiger partial charge on any atom is 0.471 e. The third kappa shape index (κ3) is 5.31. The maximum absolute atomic E-state index is 13.8. The van der Waals surface area contributed by atoms with Crippen LogP contribution in [0.1, 0.15) is 36.0 Å². The summed E-state index contributed by atoms with van der Waals surface area (Å²) in [6.45, 7) is 3.57. The van der Waals surface area contributed by atoms with E-state index in [1.807, 2.05) is 0 Å². The highest BCUT2D eigenvalue weighted by Crippen LogP contribution is 2.40. The Bertz CT molecular complexity index is 1670. The van der Waals surface area contributed by atoms with E-state index in [-0.39, 0.29) is 43.0 Å². The molecule has 0 spiro atoms. The lowest BCUT2D eigenvalue weighted by atomic mass is 9.97. The number of hydrogen-bond acceptors (Lipinski definition) is 7. The van der Waals surface area contributed by atoms with Crippen molar-refractivity contribution < 1.29 is 42.1 Å². The highest BCUT2D eigenvalue weighted by atomic mass is 19.4. The van der Waals surface area contributed by atoms with Gasteiger partial charge in [0.2, 0.25) is 0 Å². The largest absolute Gasteiger partial charge is 0.506 e. The van der Waals surface area contributed by atoms with E-state index >= 15 is 0 Å². The zero-order valence-electron chi connectivity index (χ0n) is 23.1. The van der Waals surface area contributed by atoms with Crippen molar-refractivity contribution in [1.82, 2.24) is 9.55 Å². The summed E-state index contributed by atoms with van der Waals surface area (Å²) in [5.74, 6) is -2.52. The molecule has 2 heterocycles. The Morgan fingerprint density at radius 2 is 1.93 bits per heavy atom. The summed E-state index contributed by atoms with van der Waals surface area (Å²) >= 11 is 0. The molecule has 0 saturated carbocycles. The van der Waals surface area contributed by atoms with Crippen LogP contribution in [0.2, 0.25) is 0 Å². The first kappa shape index (κ1) is 28.8. The lowest BCUT2D eigenvalue weighted by molar-refractivity contribution is -0.170. The molecule has 5 rings (SSSR count). The van der Waals surface area contributed by atoms with Crippen LogP contribution in [-0.4, -0.2) is 53.0 Å². The second-order valence-corrected chi connectivity index (χ2v) is 9.77. The van der Waals surface area contributed by atoms with Crippen LogP contribution in [0.25, 0.3) is 16.7 Å². The minimum atomic E-state index is -5.14. The Kier molecular flexibility index (Phi) is 7.72. The zero-order valence-corrected chi connectivity index (χ0v) is 23.1. The number of methoxy groups -OCH3 is 1. The predicted molar refractivity (Wildman–Crippen MR) is 147 cm³/mol. The quantitative estimate of drug-likeness (QED) is 0.271. The monoisotopic (exact) mass is 583 g/mol. The Balaban J connectivity index is 1.55. The Labute approximate surface area is 239 Å². The molecule has 0 radical (unpaired) electrons. The number of ether oxygens (including phenoxy) is 3. The molecule has 9 nitrogen and oxygen atoms in total. The van der Waals surface area contributed by atoms with Gasteiger partial charge in [-0.3, -0.25) is 14.2 Å². The van der Waals surface area contributed by atoms with Crippen molar-refractivity contribution in [1.29, 1.82) is 0 Å². The first-order valence-electron chi connectivity index (χ1n) is 13.2. The lowest BCUT2D eigenvalue weighted by Gasteiger charge is -2.26. The van der Waals surface area contributed by atoms with E-state index in [2.05, 4.69) is 4.98 Å². The molecule has 0 aliphatic carbocycles. The predicted octanol–water partition coefficient (Wildman–Crippen LogP) is 5.57. The summed E-state index contributed by atoms with van der Waals surface area (Å²) in [7, 11) is 1.27. The highest BCUT2D eigenvalue weighted by molar-refractivity contribution is 5.97. The fourth-order valence-electron chi connectivity index (χ4n) is 5.10. The fraction of sp³-hybridized carbons (Fsp3) is 0.300. The number of phenolic OH excluding ortho intramolecular Hbond substituents is 1. The number of halogens is 3. The number of carbonyl (C=O) groups excluding carboxylic acids is 2. The molecule has 3 aromatic carbocycles. The molecule has 0 saturated heterocycles. The van der Waals surface area contributed by atoms with Crippen molar-refractivity contribution in [3.8, 4) is 23.2 Å². The molecule has 0 fully saturated rings. The SMILES string of the molecule is CCOc1nc2c(O)cccc2n1-c1cccc(CN(C(=O)C(F)(F)F)c2ccc3c(c2)OC[C@H]3CC(=O)OC)c1C. The van der Waals surface area contributed by atoms with Gasteiger partial charge in [-0.1, -0.05) is 24.3 Å². The number of esters is 1. The van der Waals surface area contributed by atoms with Gasteiger partial charge in [-0.05, 0) is 49.2 Å². The number of amides is 1. The number of para-hydroxylation sites is 1. The number of phenols is 1. The number of fused-ring (bicyclic) bond motifs is 2. The van der Waals surface area contributed by atoms with Crippen LogP contribution in [0, 0.1) is 6.92 Å². The summed E-state index contributed by atoms with van der Waals surface area (Å²) in [5.41, 5.74) is 3.08. The van der Waals surface area contributed by atoms with Crippen LogP contribution in [0.3, 0.4) is 0 Å². The first-order chi connectivity index (χ1) is 20.0. The number of imidazole rings is 1. The first-order valence-corrected chi connectivity index (χ1v) is 13.2. The molecule has 1 N–H and O–H groups in total. The number of carbonyl (C=O) groups is 2. The molecular formula is C30H28F3N3O6. The van der Waals surface area contributed by atoms with Crippen LogP contribution in [0.15, 0.2) is 54.6 Å². The molecule has 42 heavy (non-hydrogen) atoms. The van der Waals surface area contributed by atoms with Gasteiger partial charge in [-0.15, -0.1) is 0 Å². The summed E-state index contributed by atoms with van der Waals surface area (Å²) in [6, 6.07) is 14.5. The van der Waals surface area contributed by atoms with Crippen molar-refractivity contribution >= 4 is 28.6 Å². The van der Waals surface area contributed by atoms with Gasteiger partial charge in [0.15, 0.2) is 0 Å². The number of benzene rings is 3. The second kappa shape index (κ2) is 11.3. The zero-order chi connectivity index (χ0) is 30.2. The van der Waals surface area contributed by atoms with E-state index in [0.29, 0.717) is 44.1 Å². The van der Waals surface area contributed by atoms with Crippen molar-refractivity contribution in [3.05, 3.63) is 71.3 Å². The number of nitrogens with zero attached hydrogens (tertiary/aromatic N) is 3. The van der Waals surface area contributed by atoms with Gasteiger partial charge in [-0.2, -0.15) is 18.2 Å². The number of alkyl halides is 3. The van der Waals surface area contributed by atoms with Gasteiger partial charge in [-0.25, -0.2) is 0 Å². The fourth-order valence-corrected chi connectivity index (χ4v) is 5.10. The van der Waals surface area contributed by atoms with Crippen LogP contribution in [0.4, 0.5) is 18.9 Å². The molecule has 1 aliphatic rings. The maximum atomic E-state index is 13.8. The van der Waals surface area contributed by atoms with Crippen LogP contribution in [0.5, 0.6) is 17.5 Å². The average molecular weight is 584 g/mol. The van der Waals surface area contributed by atoms with E-state index in [4.69, 9.17) is 14.2 Å². The molecule has 1 amide bonds. The Morgan fingerprint density at radius 3 is 2.64 bits per heavy atom. The number of rotatable bonds is 8. The molecule has 0 bridgehead atoms. The third-order valence-electron chi connectivity index (χ3n) is 7.21. The van der Waals surface area contributed by atoms with Crippen molar-refractivity contribution in [2.75, 3.05) is 25.2 Å². The Morgan fingerprint density at radius 1 is 1.17 bits per heavy atom. The molecule has 1 aliphatic heterocycles. The number of aromatic hydroxyl groups is 1. The van der Waals surface area contributed by atoms with Crippen LogP contribution in [-0.2, 0) is 20.9 Å². The molecule has 4 aromatic rings. The van der Waals surface area contributed by atoms with Gasteiger partial charge < -0.3 is 24.2 Å². The smallest absolute Gasteiger partial charge is 0.471 e. The summed E-state index contributed by atoms with van der Waals surface area (Å²) in [5, 5.41) is 10.4. The number of anilines is 1. The summed E-state index contributed by atoms with van der Waals surface area (Å²) in [4.78, 5) is 29.6. The van der Waals surface area contributed by atoms with E-state index in [9.17, 15) is 27.9 Å². The molecule has 0 unspecified atom stereocenters. The highest BCUT2D eigenvalue weighted by Gasteiger charge is 2.43. The summed E-state index contributed by atoms with van der Waals surface area (Å²) < 4.78 is 59.3. The molecule has 12 heteroatoms. The topological polar surface area (TPSA) is 103 Å².